The molecule has 0 bridgehead atoms. The Morgan fingerprint density at radius 1 is 1.00 bits per heavy atom. The van der Waals surface area contributed by atoms with Gasteiger partial charge in [-0.3, -0.25) is 4.79 Å². The van der Waals surface area contributed by atoms with Gasteiger partial charge in [-0.05, 0) is 24.3 Å². The molecule has 0 saturated heterocycles. The highest BCUT2D eigenvalue weighted by Gasteiger charge is 2.10. The number of methoxy groups -OCH3 is 1. The third-order valence-electron chi connectivity index (χ3n) is 2.94. The predicted molar refractivity (Wildman–Crippen MR) is 79.6 cm³/mol. The van der Waals surface area contributed by atoms with Crippen molar-refractivity contribution >= 4 is 22.7 Å². The van der Waals surface area contributed by atoms with Crippen LogP contribution in [-0.4, -0.2) is 7.11 Å². The zero-order valence-corrected chi connectivity index (χ0v) is 11.6. The van der Waals surface area contributed by atoms with Crippen LogP contribution in [0.15, 0.2) is 73.8 Å². The molecule has 2 aromatic carbocycles. The number of hydrogen-bond acceptors (Lipinski definition) is 4. The molecular weight excluding hydrogens is 272 g/mol. The van der Waals surface area contributed by atoms with Crippen molar-refractivity contribution in [2.45, 2.75) is 9.79 Å². The second-order valence-electron chi connectivity index (χ2n) is 4.18. The van der Waals surface area contributed by atoms with E-state index in [0.29, 0.717) is 15.9 Å². The minimum Gasteiger partial charge on any atom is -0.496 e. The molecule has 0 saturated carbocycles. The molecule has 0 aliphatic rings. The fourth-order valence-electron chi connectivity index (χ4n) is 1.95. The quantitative estimate of drug-likeness (QED) is 0.730. The summed E-state index contributed by atoms with van der Waals surface area (Å²) in [6.45, 7) is 0. The van der Waals surface area contributed by atoms with Gasteiger partial charge in [-0.25, -0.2) is 0 Å². The minimum absolute atomic E-state index is 0.0252. The van der Waals surface area contributed by atoms with Crippen LogP contribution < -0.4 is 10.2 Å². The van der Waals surface area contributed by atoms with Gasteiger partial charge in [-0.2, -0.15) is 0 Å². The van der Waals surface area contributed by atoms with Crippen LogP contribution in [0.25, 0.3) is 11.0 Å². The number of ether oxygens (including phenoxy) is 1. The van der Waals surface area contributed by atoms with Gasteiger partial charge in [-0.15, -0.1) is 0 Å². The van der Waals surface area contributed by atoms with Crippen molar-refractivity contribution in [3.8, 4) is 5.75 Å². The van der Waals surface area contributed by atoms with Crippen molar-refractivity contribution in [2.75, 3.05) is 7.11 Å². The maximum Gasteiger partial charge on any atom is 0.206 e. The summed E-state index contributed by atoms with van der Waals surface area (Å²) in [7, 11) is 1.61. The van der Waals surface area contributed by atoms with Crippen molar-refractivity contribution in [3.05, 3.63) is 65.0 Å². The Bertz CT molecular complexity index is 808. The Hall–Kier alpha value is -2.20. The Morgan fingerprint density at radius 3 is 2.60 bits per heavy atom. The standard InChI is InChI=1S/C16H12O3S/c1-18-13-8-4-5-9-14(13)20-15-10-19-12-7-3-2-6-11(12)16(15)17/h2-10H,1H3. The lowest BCUT2D eigenvalue weighted by atomic mass is 10.2. The van der Waals surface area contributed by atoms with Gasteiger partial charge in [0.1, 0.15) is 17.6 Å². The molecule has 0 fully saturated rings. The first-order valence-electron chi connectivity index (χ1n) is 6.11. The van der Waals surface area contributed by atoms with Gasteiger partial charge >= 0.3 is 0 Å². The van der Waals surface area contributed by atoms with Crippen molar-refractivity contribution in [3.63, 3.8) is 0 Å². The maximum atomic E-state index is 12.4. The van der Waals surface area contributed by atoms with Gasteiger partial charge in [0.2, 0.25) is 5.43 Å². The summed E-state index contributed by atoms with van der Waals surface area (Å²) in [5.74, 6) is 0.741. The first kappa shape index (κ1) is 12.8. The van der Waals surface area contributed by atoms with Crippen LogP contribution in [0.4, 0.5) is 0 Å². The van der Waals surface area contributed by atoms with E-state index in [1.54, 1.807) is 19.2 Å². The van der Waals surface area contributed by atoms with E-state index in [-0.39, 0.29) is 5.43 Å². The molecule has 0 spiro atoms. The SMILES string of the molecule is COc1ccccc1Sc1coc2ccccc2c1=O. The molecule has 1 aromatic heterocycles. The molecule has 1 heterocycles. The zero-order chi connectivity index (χ0) is 13.9. The van der Waals surface area contributed by atoms with Crippen LogP contribution in [0.2, 0.25) is 0 Å². The molecule has 0 aliphatic carbocycles. The molecular formula is C16H12O3S. The highest BCUT2D eigenvalue weighted by Crippen LogP contribution is 2.33. The van der Waals surface area contributed by atoms with Gasteiger partial charge in [-0.1, -0.05) is 36.0 Å². The number of hydrogen-bond donors (Lipinski definition) is 0. The highest BCUT2D eigenvalue weighted by molar-refractivity contribution is 7.99. The Labute approximate surface area is 120 Å². The summed E-state index contributed by atoms with van der Waals surface area (Å²) in [6, 6.07) is 14.8. The molecule has 0 atom stereocenters. The average molecular weight is 284 g/mol. The van der Waals surface area contributed by atoms with E-state index in [0.717, 1.165) is 10.6 Å². The van der Waals surface area contributed by atoms with Crippen molar-refractivity contribution < 1.29 is 9.15 Å². The lowest BCUT2D eigenvalue weighted by Gasteiger charge is -2.07. The number of fused-ring (bicyclic) bond motifs is 1. The van der Waals surface area contributed by atoms with Crippen molar-refractivity contribution in [1.82, 2.24) is 0 Å². The summed E-state index contributed by atoms with van der Waals surface area (Å²) in [5, 5.41) is 0.590. The first-order valence-corrected chi connectivity index (χ1v) is 6.92. The summed E-state index contributed by atoms with van der Waals surface area (Å²) >= 11 is 1.35. The second-order valence-corrected chi connectivity index (χ2v) is 5.26. The van der Waals surface area contributed by atoms with Gasteiger partial charge < -0.3 is 9.15 Å². The fraction of sp³-hybridized carbons (Fsp3) is 0.0625. The minimum atomic E-state index is -0.0252. The van der Waals surface area contributed by atoms with E-state index in [1.165, 1.54) is 18.0 Å². The molecule has 100 valence electrons. The van der Waals surface area contributed by atoms with Gasteiger partial charge in [0.15, 0.2) is 0 Å². The van der Waals surface area contributed by atoms with Crippen molar-refractivity contribution in [1.29, 1.82) is 0 Å². The molecule has 0 unspecified atom stereocenters. The summed E-state index contributed by atoms with van der Waals surface area (Å²) in [6.07, 6.45) is 1.50. The molecule has 3 rings (SSSR count). The predicted octanol–water partition coefficient (Wildman–Crippen LogP) is 3.95. The zero-order valence-electron chi connectivity index (χ0n) is 10.8. The smallest absolute Gasteiger partial charge is 0.206 e. The molecule has 0 N–H and O–H groups in total. The Morgan fingerprint density at radius 2 is 1.75 bits per heavy atom. The van der Waals surface area contributed by atoms with Gasteiger partial charge in [0.25, 0.3) is 0 Å². The van der Waals surface area contributed by atoms with Crippen LogP contribution in [0.5, 0.6) is 5.75 Å². The van der Waals surface area contributed by atoms with Gasteiger partial charge in [0.05, 0.1) is 22.3 Å². The third-order valence-corrected chi connectivity index (χ3v) is 4.00. The van der Waals surface area contributed by atoms with Crippen molar-refractivity contribution in [2.24, 2.45) is 0 Å². The monoisotopic (exact) mass is 284 g/mol. The van der Waals surface area contributed by atoms with Crippen LogP contribution in [0.3, 0.4) is 0 Å². The number of para-hydroxylation sites is 2. The Kier molecular flexibility index (Phi) is 3.48. The lowest BCUT2D eigenvalue weighted by Crippen LogP contribution is -2.03. The normalized spacial score (nSPS) is 10.7. The summed E-state index contributed by atoms with van der Waals surface area (Å²) < 4.78 is 10.8. The molecule has 20 heavy (non-hydrogen) atoms. The topological polar surface area (TPSA) is 39.4 Å². The van der Waals surface area contributed by atoms with E-state index >= 15 is 0 Å². The van der Waals surface area contributed by atoms with Crippen LogP contribution in [0, 0.1) is 0 Å². The van der Waals surface area contributed by atoms with E-state index in [4.69, 9.17) is 9.15 Å². The maximum absolute atomic E-state index is 12.4. The van der Waals surface area contributed by atoms with Crippen LogP contribution in [0.1, 0.15) is 0 Å². The second kappa shape index (κ2) is 5.43. The largest absolute Gasteiger partial charge is 0.496 e. The summed E-state index contributed by atoms with van der Waals surface area (Å²) in [5.41, 5.74) is 0.574. The molecule has 3 aromatic rings. The van der Waals surface area contributed by atoms with Crippen LogP contribution in [-0.2, 0) is 0 Å². The lowest BCUT2D eigenvalue weighted by molar-refractivity contribution is 0.405. The number of benzene rings is 2. The molecule has 3 nitrogen and oxygen atoms in total. The number of rotatable bonds is 3. The van der Waals surface area contributed by atoms with Gasteiger partial charge in [0, 0.05) is 0 Å². The molecule has 4 heteroatoms. The van der Waals surface area contributed by atoms with E-state index in [9.17, 15) is 4.79 Å². The summed E-state index contributed by atoms with van der Waals surface area (Å²) in [4.78, 5) is 13.8. The molecule has 0 amide bonds. The molecule has 0 radical (unpaired) electrons. The van der Waals surface area contributed by atoms with E-state index < -0.39 is 0 Å². The van der Waals surface area contributed by atoms with Crippen LogP contribution >= 0.6 is 11.8 Å². The third kappa shape index (κ3) is 2.30. The van der Waals surface area contributed by atoms with E-state index in [2.05, 4.69) is 0 Å². The molecule has 0 aliphatic heterocycles. The first-order chi connectivity index (χ1) is 9.79. The van der Waals surface area contributed by atoms with E-state index in [1.807, 2.05) is 36.4 Å². The fourth-order valence-corrected chi connectivity index (χ4v) is 2.89. The average Bonchev–Trinajstić information content (AvgIpc) is 2.51. The Balaban J connectivity index is 2.07. The highest BCUT2D eigenvalue weighted by atomic mass is 32.2.